The molecule has 0 aliphatic carbocycles. The summed E-state index contributed by atoms with van der Waals surface area (Å²) in [4.78, 5) is 18.5. The maximum absolute atomic E-state index is 10.5. The van der Waals surface area contributed by atoms with Crippen molar-refractivity contribution in [1.82, 2.24) is 9.97 Å². The smallest absolute Gasteiger partial charge is 0.307 e. The molecule has 1 atom stereocenters. The van der Waals surface area contributed by atoms with Gasteiger partial charge in [0.05, 0.1) is 11.6 Å². The molecular weight excluding hydrogens is 200 g/mol. The third kappa shape index (κ3) is 3.74. The van der Waals surface area contributed by atoms with Crippen molar-refractivity contribution in [3.63, 3.8) is 0 Å². The normalized spacial score (nSPS) is 12.4. The fourth-order valence-corrected chi connectivity index (χ4v) is 1.79. The third-order valence-electron chi connectivity index (χ3n) is 1.66. The van der Waals surface area contributed by atoms with Crippen molar-refractivity contribution >= 4 is 17.7 Å². The highest BCUT2D eigenvalue weighted by Gasteiger charge is 2.10. The Kier molecular flexibility index (Phi) is 4.39. The van der Waals surface area contributed by atoms with E-state index in [1.165, 1.54) is 0 Å². The predicted molar refractivity (Wildman–Crippen MR) is 55.0 cm³/mol. The molecule has 0 saturated heterocycles. The van der Waals surface area contributed by atoms with E-state index in [0.29, 0.717) is 11.5 Å². The summed E-state index contributed by atoms with van der Waals surface area (Å²) in [6, 6.07) is 0. The highest BCUT2D eigenvalue weighted by atomic mass is 32.2. The molecule has 1 rings (SSSR count). The second-order valence-electron chi connectivity index (χ2n) is 2.95. The van der Waals surface area contributed by atoms with Gasteiger partial charge >= 0.3 is 5.97 Å². The summed E-state index contributed by atoms with van der Waals surface area (Å²) < 4.78 is 0. The van der Waals surface area contributed by atoms with Crippen molar-refractivity contribution in [2.24, 2.45) is 5.92 Å². The standard InChI is InChI=1S/C9H12N2O2S/c1-7(9(12)13)5-14-6-8-4-10-2-3-11-8/h2-4,7H,5-6H2,1H3,(H,12,13). The Balaban J connectivity index is 2.26. The number of aliphatic carboxylic acids is 1. The van der Waals surface area contributed by atoms with Crippen molar-refractivity contribution in [3.8, 4) is 0 Å². The first-order valence-electron chi connectivity index (χ1n) is 4.25. The second kappa shape index (κ2) is 5.59. The lowest BCUT2D eigenvalue weighted by atomic mass is 10.2. The van der Waals surface area contributed by atoms with Gasteiger partial charge in [0.25, 0.3) is 0 Å². The van der Waals surface area contributed by atoms with Crippen LogP contribution in [0.2, 0.25) is 0 Å². The molecule has 1 unspecified atom stereocenters. The summed E-state index contributed by atoms with van der Waals surface area (Å²) >= 11 is 1.56. The van der Waals surface area contributed by atoms with Crippen molar-refractivity contribution in [3.05, 3.63) is 24.3 Å². The Morgan fingerprint density at radius 1 is 1.64 bits per heavy atom. The predicted octanol–water partition coefficient (Wildman–Crippen LogP) is 1.43. The number of hydrogen-bond donors (Lipinski definition) is 1. The lowest BCUT2D eigenvalue weighted by Crippen LogP contribution is -2.11. The highest BCUT2D eigenvalue weighted by Crippen LogP contribution is 2.13. The molecule has 0 saturated carbocycles. The SMILES string of the molecule is CC(CSCc1cnccn1)C(=O)O. The Morgan fingerprint density at radius 2 is 2.43 bits per heavy atom. The minimum Gasteiger partial charge on any atom is -0.481 e. The van der Waals surface area contributed by atoms with Gasteiger partial charge in [0.1, 0.15) is 0 Å². The molecule has 1 aromatic heterocycles. The third-order valence-corrected chi connectivity index (χ3v) is 2.89. The average Bonchev–Trinajstić information content (AvgIpc) is 2.19. The summed E-state index contributed by atoms with van der Waals surface area (Å²) in [5.41, 5.74) is 0.884. The molecule has 76 valence electrons. The van der Waals surface area contributed by atoms with Crippen molar-refractivity contribution in [2.75, 3.05) is 5.75 Å². The number of carboxylic acids is 1. The lowest BCUT2D eigenvalue weighted by molar-refractivity contribution is -0.140. The average molecular weight is 212 g/mol. The number of nitrogens with zero attached hydrogens (tertiary/aromatic N) is 2. The molecule has 4 nitrogen and oxygen atoms in total. The molecular formula is C9H12N2O2S. The molecule has 0 fully saturated rings. The molecule has 5 heteroatoms. The van der Waals surface area contributed by atoms with Gasteiger partial charge in [0, 0.05) is 30.1 Å². The van der Waals surface area contributed by atoms with Gasteiger partial charge in [-0.2, -0.15) is 11.8 Å². The van der Waals surface area contributed by atoms with E-state index in [2.05, 4.69) is 9.97 Å². The van der Waals surface area contributed by atoms with Gasteiger partial charge in [0.15, 0.2) is 0 Å². The summed E-state index contributed by atoms with van der Waals surface area (Å²) in [6.07, 6.45) is 4.95. The van der Waals surface area contributed by atoms with Crippen molar-refractivity contribution in [2.45, 2.75) is 12.7 Å². The summed E-state index contributed by atoms with van der Waals surface area (Å²) in [7, 11) is 0. The zero-order valence-corrected chi connectivity index (χ0v) is 8.70. The van der Waals surface area contributed by atoms with Gasteiger partial charge in [-0.05, 0) is 0 Å². The van der Waals surface area contributed by atoms with E-state index in [1.54, 1.807) is 37.3 Å². The van der Waals surface area contributed by atoms with Crippen LogP contribution in [0.1, 0.15) is 12.6 Å². The fourth-order valence-electron chi connectivity index (χ4n) is 0.816. The van der Waals surface area contributed by atoms with Gasteiger partial charge in [-0.3, -0.25) is 14.8 Å². The Bertz CT molecular complexity index is 292. The molecule has 0 bridgehead atoms. The van der Waals surface area contributed by atoms with Gasteiger partial charge in [-0.1, -0.05) is 6.92 Å². The number of carbonyl (C=O) groups is 1. The van der Waals surface area contributed by atoms with Crippen LogP contribution in [0.3, 0.4) is 0 Å². The first-order chi connectivity index (χ1) is 6.70. The van der Waals surface area contributed by atoms with Crippen LogP contribution in [0.15, 0.2) is 18.6 Å². The minimum atomic E-state index is -0.753. The number of aromatic nitrogens is 2. The molecule has 14 heavy (non-hydrogen) atoms. The van der Waals surface area contributed by atoms with E-state index < -0.39 is 5.97 Å². The van der Waals surface area contributed by atoms with Crippen LogP contribution in [0.5, 0.6) is 0 Å². The number of carboxylic acid groups (broad SMARTS) is 1. The van der Waals surface area contributed by atoms with Gasteiger partial charge in [0.2, 0.25) is 0 Å². The van der Waals surface area contributed by atoms with E-state index in [1.807, 2.05) is 0 Å². The topological polar surface area (TPSA) is 63.1 Å². The Labute approximate surface area is 86.8 Å². The minimum absolute atomic E-state index is 0.309. The summed E-state index contributed by atoms with van der Waals surface area (Å²) in [5, 5.41) is 8.64. The molecule has 1 aromatic rings. The highest BCUT2D eigenvalue weighted by molar-refractivity contribution is 7.98. The van der Waals surface area contributed by atoms with Crippen LogP contribution in [0, 0.1) is 5.92 Å². The zero-order valence-electron chi connectivity index (χ0n) is 7.88. The zero-order chi connectivity index (χ0) is 10.4. The van der Waals surface area contributed by atoms with Crippen LogP contribution in [-0.2, 0) is 10.5 Å². The second-order valence-corrected chi connectivity index (χ2v) is 3.98. The molecule has 0 amide bonds. The quantitative estimate of drug-likeness (QED) is 0.800. The molecule has 0 spiro atoms. The molecule has 0 radical (unpaired) electrons. The largest absolute Gasteiger partial charge is 0.481 e. The maximum Gasteiger partial charge on any atom is 0.307 e. The van der Waals surface area contributed by atoms with Crippen LogP contribution in [0.25, 0.3) is 0 Å². The van der Waals surface area contributed by atoms with Crippen LogP contribution >= 0.6 is 11.8 Å². The van der Waals surface area contributed by atoms with Gasteiger partial charge in [-0.15, -0.1) is 0 Å². The maximum atomic E-state index is 10.5. The van der Waals surface area contributed by atoms with Crippen LogP contribution < -0.4 is 0 Å². The Morgan fingerprint density at radius 3 is 3.00 bits per heavy atom. The van der Waals surface area contributed by atoms with Crippen LogP contribution in [-0.4, -0.2) is 26.8 Å². The molecule has 0 aromatic carbocycles. The van der Waals surface area contributed by atoms with Crippen molar-refractivity contribution in [1.29, 1.82) is 0 Å². The van der Waals surface area contributed by atoms with Crippen LogP contribution in [0.4, 0.5) is 0 Å². The van der Waals surface area contributed by atoms with Crippen molar-refractivity contribution < 1.29 is 9.90 Å². The monoisotopic (exact) mass is 212 g/mol. The van der Waals surface area contributed by atoms with E-state index in [-0.39, 0.29) is 5.92 Å². The summed E-state index contributed by atoms with van der Waals surface area (Å²) in [6.45, 7) is 1.70. The van der Waals surface area contributed by atoms with E-state index >= 15 is 0 Å². The Hall–Kier alpha value is -1.10. The van der Waals surface area contributed by atoms with Gasteiger partial charge < -0.3 is 5.11 Å². The molecule has 1 N–H and O–H groups in total. The summed E-state index contributed by atoms with van der Waals surface area (Å²) in [5.74, 6) is 0.255. The molecule has 1 heterocycles. The number of hydrogen-bond acceptors (Lipinski definition) is 4. The van der Waals surface area contributed by atoms with E-state index in [4.69, 9.17) is 5.11 Å². The van der Waals surface area contributed by atoms with E-state index in [9.17, 15) is 4.79 Å². The first kappa shape index (κ1) is 11.0. The lowest BCUT2D eigenvalue weighted by Gasteiger charge is -2.04. The van der Waals surface area contributed by atoms with E-state index in [0.717, 1.165) is 5.69 Å². The fraction of sp³-hybridized carbons (Fsp3) is 0.444. The van der Waals surface area contributed by atoms with Gasteiger partial charge in [-0.25, -0.2) is 0 Å². The number of thioether (sulfide) groups is 1. The molecule has 0 aliphatic heterocycles. The first-order valence-corrected chi connectivity index (χ1v) is 5.41. The number of rotatable bonds is 5. The molecule has 0 aliphatic rings.